The molecule has 0 aliphatic heterocycles. The lowest BCUT2D eigenvalue weighted by molar-refractivity contribution is 0.0702. The summed E-state index contributed by atoms with van der Waals surface area (Å²) in [6, 6.07) is 2.50. The average molecular weight is 237 g/mol. The Labute approximate surface area is 98.7 Å². The Morgan fingerprint density at radius 1 is 1.44 bits per heavy atom. The average Bonchev–Trinajstić information content (AvgIpc) is 3.14. The lowest BCUT2D eigenvalue weighted by atomic mass is 10.3. The maximum Gasteiger partial charge on any atom is 0.345 e. The highest BCUT2D eigenvalue weighted by Crippen LogP contribution is 2.38. The first kappa shape index (κ1) is 10.1. The van der Waals surface area contributed by atoms with Crippen molar-refractivity contribution >= 4 is 23.0 Å². The van der Waals surface area contributed by atoms with Crippen LogP contribution >= 0.6 is 11.3 Å². The summed E-state index contributed by atoms with van der Waals surface area (Å²) in [4.78, 5) is 13.7. The van der Waals surface area contributed by atoms with Gasteiger partial charge < -0.3 is 10.0 Å². The molecule has 0 aromatic carbocycles. The largest absolute Gasteiger partial charge is 0.477 e. The van der Waals surface area contributed by atoms with Crippen LogP contribution in [-0.2, 0) is 0 Å². The molecule has 2 aliphatic rings. The van der Waals surface area contributed by atoms with Crippen LogP contribution in [0.1, 0.15) is 35.4 Å². The second-order valence-corrected chi connectivity index (χ2v) is 5.71. The van der Waals surface area contributed by atoms with Crippen LogP contribution in [0.3, 0.4) is 0 Å². The molecular weight excluding hydrogens is 222 g/mol. The molecule has 1 N–H and O–H groups in total. The first-order chi connectivity index (χ1) is 7.74. The van der Waals surface area contributed by atoms with Gasteiger partial charge in [-0.15, -0.1) is 11.3 Å². The quantitative estimate of drug-likeness (QED) is 0.856. The monoisotopic (exact) mass is 237 g/mol. The molecule has 86 valence electrons. The first-order valence-electron chi connectivity index (χ1n) is 5.82. The Bertz CT molecular complexity index is 407. The van der Waals surface area contributed by atoms with Crippen LogP contribution < -0.4 is 4.90 Å². The number of hydrogen-bond acceptors (Lipinski definition) is 3. The van der Waals surface area contributed by atoms with E-state index in [-0.39, 0.29) is 0 Å². The van der Waals surface area contributed by atoms with E-state index in [4.69, 9.17) is 5.11 Å². The van der Waals surface area contributed by atoms with Gasteiger partial charge in [-0.05, 0) is 37.7 Å². The molecule has 0 amide bonds. The Hall–Kier alpha value is -1.03. The van der Waals surface area contributed by atoms with Gasteiger partial charge in [-0.1, -0.05) is 0 Å². The molecule has 16 heavy (non-hydrogen) atoms. The van der Waals surface area contributed by atoms with Crippen LogP contribution in [0, 0.1) is 5.92 Å². The molecule has 1 aromatic rings. The number of thiophene rings is 1. The van der Waals surface area contributed by atoms with Gasteiger partial charge in [0.15, 0.2) is 0 Å². The Morgan fingerprint density at radius 3 is 2.69 bits per heavy atom. The molecule has 1 aromatic heterocycles. The van der Waals surface area contributed by atoms with Gasteiger partial charge in [0, 0.05) is 23.7 Å². The molecule has 3 nitrogen and oxygen atoms in total. The van der Waals surface area contributed by atoms with Crippen molar-refractivity contribution in [3.63, 3.8) is 0 Å². The van der Waals surface area contributed by atoms with Gasteiger partial charge >= 0.3 is 5.97 Å². The maximum absolute atomic E-state index is 10.8. The number of nitrogens with zero attached hydrogens (tertiary/aromatic N) is 1. The maximum atomic E-state index is 10.8. The summed E-state index contributed by atoms with van der Waals surface area (Å²) >= 11 is 1.34. The van der Waals surface area contributed by atoms with E-state index in [1.54, 1.807) is 0 Å². The van der Waals surface area contributed by atoms with Crippen LogP contribution in [0.2, 0.25) is 0 Å². The summed E-state index contributed by atoms with van der Waals surface area (Å²) < 4.78 is 0. The molecule has 0 bridgehead atoms. The Kier molecular flexibility index (Phi) is 2.39. The van der Waals surface area contributed by atoms with E-state index < -0.39 is 5.97 Å². The molecule has 2 aliphatic carbocycles. The molecule has 0 atom stereocenters. The second-order valence-electron chi connectivity index (χ2n) is 4.80. The highest BCUT2D eigenvalue weighted by Gasteiger charge is 2.34. The number of carboxylic acid groups (broad SMARTS) is 1. The molecule has 0 spiro atoms. The number of aromatic carboxylic acids is 1. The third kappa shape index (κ3) is 2.07. The van der Waals surface area contributed by atoms with E-state index in [0.717, 1.165) is 18.2 Å². The van der Waals surface area contributed by atoms with Gasteiger partial charge in [0.1, 0.15) is 4.88 Å². The fourth-order valence-corrected chi connectivity index (χ4v) is 2.76. The summed E-state index contributed by atoms with van der Waals surface area (Å²) in [6.07, 6.45) is 5.23. The van der Waals surface area contributed by atoms with E-state index in [9.17, 15) is 4.79 Å². The Morgan fingerprint density at radius 2 is 2.19 bits per heavy atom. The summed E-state index contributed by atoms with van der Waals surface area (Å²) in [5.41, 5.74) is 1.12. The summed E-state index contributed by atoms with van der Waals surface area (Å²) in [5, 5.41) is 10.9. The summed E-state index contributed by atoms with van der Waals surface area (Å²) in [6.45, 7) is 1.13. The SMILES string of the molecule is O=C(O)c1cc(N(CC2CC2)C2CC2)cs1. The lowest BCUT2D eigenvalue weighted by Crippen LogP contribution is -2.27. The van der Waals surface area contributed by atoms with Crippen molar-refractivity contribution in [1.82, 2.24) is 0 Å². The van der Waals surface area contributed by atoms with Crippen molar-refractivity contribution in [2.45, 2.75) is 31.7 Å². The third-order valence-electron chi connectivity index (χ3n) is 3.27. The molecule has 2 saturated carbocycles. The van der Waals surface area contributed by atoms with E-state index in [1.165, 1.54) is 37.0 Å². The van der Waals surface area contributed by atoms with Crippen molar-refractivity contribution < 1.29 is 9.90 Å². The molecule has 0 saturated heterocycles. The molecule has 0 radical (unpaired) electrons. The topological polar surface area (TPSA) is 40.5 Å². The van der Waals surface area contributed by atoms with Crippen molar-refractivity contribution in [1.29, 1.82) is 0 Å². The molecule has 2 fully saturated rings. The third-order valence-corrected chi connectivity index (χ3v) is 4.17. The standard InChI is InChI=1S/C12H15NO2S/c14-12(15)11-5-10(7-16-11)13(9-3-4-9)6-8-1-2-8/h5,7-9H,1-4,6H2,(H,14,15). The van der Waals surface area contributed by atoms with Gasteiger partial charge in [0.2, 0.25) is 0 Å². The minimum absolute atomic E-state index is 0.455. The van der Waals surface area contributed by atoms with Crippen molar-refractivity contribution in [2.75, 3.05) is 11.4 Å². The van der Waals surface area contributed by atoms with Crippen LogP contribution in [0.5, 0.6) is 0 Å². The second kappa shape index (κ2) is 3.77. The fourth-order valence-electron chi connectivity index (χ4n) is 2.02. The zero-order chi connectivity index (χ0) is 11.1. The first-order valence-corrected chi connectivity index (χ1v) is 6.70. The zero-order valence-electron chi connectivity index (χ0n) is 9.06. The van der Waals surface area contributed by atoms with Gasteiger partial charge in [-0.2, -0.15) is 0 Å². The molecule has 1 heterocycles. The zero-order valence-corrected chi connectivity index (χ0v) is 9.87. The van der Waals surface area contributed by atoms with E-state index in [1.807, 2.05) is 11.4 Å². The van der Waals surface area contributed by atoms with Crippen molar-refractivity contribution in [3.8, 4) is 0 Å². The van der Waals surface area contributed by atoms with Crippen LogP contribution in [0.4, 0.5) is 5.69 Å². The molecular formula is C12H15NO2S. The van der Waals surface area contributed by atoms with Crippen molar-refractivity contribution in [3.05, 3.63) is 16.3 Å². The smallest absolute Gasteiger partial charge is 0.345 e. The molecule has 3 rings (SSSR count). The number of rotatable bonds is 5. The van der Waals surface area contributed by atoms with E-state index in [2.05, 4.69) is 4.90 Å². The van der Waals surface area contributed by atoms with Gasteiger partial charge in [0.25, 0.3) is 0 Å². The Balaban J connectivity index is 1.77. The fraction of sp³-hybridized carbons (Fsp3) is 0.583. The summed E-state index contributed by atoms with van der Waals surface area (Å²) in [7, 11) is 0. The van der Waals surface area contributed by atoms with Gasteiger partial charge in [0.05, 0.1) is 0 Å². The lowest BCUT2D eigenvalue weighted by Gasteiger charge is -2.23. The van der Waals surface area contributed by atoms with Gasteiger partial charge in [-0.3, -0.25) is 0 Å². The van der Waals surface area contributed by atoms with Crippen LogP contribution in [0.25, 0.3) is 0 Å². The summed E-state index contributed by atoms with van der Waals surface area (Å²) in [5.74, 6) is 0.0483. The highest BCUT2D eigenvalue weighted by molar-refractivity contribution is 7.12. The molecule has 4 heteroatoms. The normalized spacial score (nSPS) is 19.8. The number of carboxylic acids is 1. The highest BCUT2D eigenvalue weighted by atomic mass is 32.1. The predicted molar refractivity (Wildman–Crippen MR) is 64.4 cm³/mol. The molecule has 0 unspecified atom stereocenters. The van der Waals surface area contributed by atoms with E-state index >= 15 is 0 Å². The minimum atomic E-state index is -0.807. The van der Waals surface area contributed by atoms with Crippen LogP contribution in [0.15, 0.2) is 11.4 Å². The minimum Gasteiger partial charge on any atom is -0.477 e. The van der Waals surface area contributed by atoms with Crippen LogP contribution in [-0.4, -0.2) is 23.7 Å². The number of carbonyl (C=O) groups is 1. The number of hydrogen-bond donors (Lipinski definition) is 1. The van der Waals surface area contributed by atoms with E-state index in [0.29, 0.717) is 10.9 Å². The van der Waals surface area contributed by atoms with Crippen molar-refractivity contribution in [2.24, 2.45) is 5.92 Å². The number of anilines is 1. The van der Waals surface area contributed by atoms with Gasteiger partial charge in [-0.25, -0.2) is 4.79 Å². The predicted octanol–water partition coefficient (Wildman–Crippen LogP) is 2.83.